The Morgan fingerprint density at radius 3 is 0.772 bits per heavy atom. The standard InChI is InChI=1S/C73H122O6/c1-4-7-10-13-16-19-22-25-28-30-32-34-35-36-37-39-40-42-45-48-51-54-57-60-63-66-72(75)78-69-70(68-77-71(74)65-62-59-56-53-50-47-44-27-24-21-18-15-12-9-6-3)79-73(76)67-64-61-58-55-52-49-46-43-41-38-33-31-29-26-23-20-17-14-11-8-5-2/h7,9-10,12,16,18-19,21,23,25-28,31-34,36-37,44,70H,4-6,8,11,13-15,17,20,22,24,29-30,35,38-43,45-69H2,1-3H3/b10-7-,12-9-,19-16-,21-18-,26-23-,28-25-,33-31-,34-32-,37-36-,44-27-. The molecule has 0 aromatic carbocycles. The molecule has 0 amide bonds. The fourth-order valence-electron chi connectivity index (χ4n) is 9.04. The summed E-state index contributed by atoms with van der Waals surface area (Å²) in [6.07, 6.45) is 92.0. The van der Waals surface area contributed by atoms with E-state index in [0.29, 0.717) is 19.3 Å². The van der Waals surface area contributed by atoms with E-state index in [-0.39, 0.29) is 31.1 Å². The van der Waals surface area contributed by atoms with Crippen LogP contribution in [-0.4, -0.2) is 37.2 Å². The molecular weight excluding hydrogens is 973 g/mol. The molecule has 0 saturated heterocycles. The molecule has 0 bridgehead atoms. The van der Waals surface area contributed by atoms with Crippen LogP contribution in [0.5, 0.6) is 0 Å². The van der Waals surface area contributed by atoms with Crippen molar-refractivity contribution in [3.05, 3.63) is 122 Å². The zero-order valence-electron chi connectivity index (χ0n) is 51.6. The van der Waals surface area contributed by atoms with E-state index >= 15 is 0 Å². The highest BCUT2D eigenvalue weighted by molar-refractivity contribution is 5.71. The number of carbonyl (C=O) groups is 3. The van der Waals surface area contributed by atoms with Crippen molar-refractivity contribution in [3.63, 3.8) is 0 Å². The summed E-state index contributed by atoms with van der Waals surface area (Å²) in [6.45, 7) is 6.40. The molecule has 0 aliphatic heterocycles. The van der Waals surface area contributed by atoms with E-state index in [4.69, 9.17) is 14.2 Å². The van der Waals surface area contributed by atoms with E-state index in [1.807, 2.05) is 0 Å². The third-order valence-corrected chi connectivity index (χ3v) is 13.9. The van der Waals surface area contributed by atoms with Crippen LogP contribution in [0.3, 0.4) is 0 Å². The quantitative estimate of drug-likeness (QED) is 0.0261. The first-order valence-electron chi connectivity index (χ1n) is 33.0. The van der Waals surface area contributed by atoms with Crippen LogP contribution in [-0.2, 0) is 28.6 Å². The van der Waals surface area contributed by atoms with Crippen molar-refractivity contribution in [3.8, 4) is 0 Å². The van der Waals surface area contributed by atoms with Crippen molar-refractivity contribution in [1.29, 1.82) is 0 Å². The predicted octanol–water partition coefficient (Wildman–Crippen LogP) is 22.8. The van der Waals surface area contributed by atoms with E-state index in [1.54, 1.807) is 0 Å². The summed E-state index contributed by atoms with van der Waals surface area (Å²) in [6, 6.07) is 0. The van der Waals surface area contributed by atoms with Crippen molar-refractivity contribution < 1.29 is 28.6 Å². The summed E-state index contributed by atoms with van der Waals surface area (Å²) < 4.78 is 16.9. The zero-order chi connectivity index (χ0) is 57.1. The van der Waals surface area contributed by atoms with Crippen molar-refractivity contribution in [1.82, 2.24) is 0 Å². The van der Waals surface area contributed by atoms with Crippen LogP contribution in [0, 0.1) is 0 Å². The van der Waals surface area contributed by atoms with Gasteiger partial charge in [0.15, 0.2) is 6.10 Å². The maximum atomic E-state index is 12.9. The average Bonchev–Trinajstić information content (AvgIpc) is 3.45. The predicted molar refractivity (Wildman–Crippen MR) is 343 cm³/mol. The summed E-state index contributed by atoms with van der Waals surface area (Å²) in [5.74, 6) is -0.910. The molecule has 1 atom stereocenters. The first-order chi connectivity index (χ1) is 39.0. The van der Waals surface area contributed by atoms with E-state index in [0.717, 1.165) is 141 Å². The maximum Gasteiger partial charge on any atom is 0.306 e. The number of allylic oxidation sites excluding steroid dienone is 20. The van der Waals surface area contributed by atoms with Crippen LogP contribution >= 0.6 is 0 Å². The van der Waals surface area contributed by atoms with Gasteiger partial charge in [0.05, 0.1) is 0 Å². The highest BCUT2D eigenvalue weighted by Crippen LogP contribution is 2.16. The minimum Gasteiger partial charge on any atom is -0.462 e. The Hall–Kier alpha value is -4.19. The zero-order valence-corrected chi connectivity index (χ0v) is 51.6. The van der Waals surface area contributed by atoms with Gasteiger partial charge >= 0.3 is 17.9 Å². The van der Waals surface area contributed by atoms with Gasteiger partial charge in [-0.05, 0) is 128 Å². The monoisotopic (exact) mass is 1090 g/mol. The second-order valence-electron chi connectivity index (χ2n) is 21.6. The molecule has 0 aliphatic rings. The Morgan fingerprint density at radius 1 is 0.266 bits per heavy atom. The molecule has 0 radical (unpaired) electrons. The maximum absolute atomic E-state index is 12.9. The normalized spacial score (nSPS) is 12.9. The minimum absolute atomic E-state index is 0.0904. The Kier molecular flexibility index (Phi) is 62.8. The molecule has 6 heteroatoms. The summed E-state index contributed by atoms with van der Waals surface area (Å²) in [5.41, 5.74) is 0. The molecule has 0 N–H and O–H groups in total. The van der Waals surface area contributed by atoms with Gasteiger partial charge in [-0.2, -0.15) is 0 Å². The fraction of sp³-hybridized carbons (Fsp3) is 0.685. The number of carbonyl (C=O) groups excluding carboxylic acids is 3. The largest absolute Gasteiger partial charge is 0.462 e. The lowest BCUT2D eigenvalue weighted by atomic mass is 10.1. The van der Waals surface area contributed by atoms with Gasteiger partial charge < -0.3 is 14.2 Å². The molecule has 0 spiro atoms. The SMILES string of the molecule is CC/C=C\C/C=C\C/C=C\C/C=C\C/C=C\CCCCCCCCCCCC(=O)OCC(COC(=O)CCCCCCC/C=C\C/C=C\C/C=C\CC)OC(=O)CCCCCCCCCCC/C=C\C/C=C\CCCCCCC. The van der Waals surface area contributed by atoms with Crippen molar-refractivity contribution >= 4 is 17.9 Å². The number of ether oxygens (including phenoxy) is 3. The van der Waals surface area contributed by atoms with Gasteiger partial charge in [-0.25, -0.2) is 0 Å². The average molecular weight is 1100 g/mol. The number of unbranched alkanes of at least 4 members (excludes halogenated alkanes) is 28. The van der Waals surface area contributed by atoms with Crippen molar-refractivity contribution in [2.45, 2.75) is 309 Å². The molecule has 0 aromatic heterocycles. The molecule has 1 unspecified atom stereocenters. The van der Waals surface area contributed by atoms with Gasteiger partial charge in [-0.3, -0.25) is 14.4 Å². The molecule has 0 rings (SSSR count). The molecule has 450 valence electrons. The second-order valence-corrected chi connectivity index (χ2v) is 21.6. The van der Waals surface area contributed by atoms with Gasteiger partial charge in [0.2, 0.25) is 0 Å². The second kappa shape index (κ2) is 66.3. The van der Waals surface area contributed by atoms with E-state index in [2.05, 4.69) is 142 Å². The van der Waals surface area contributed by atoms with E-state index in [1.165, 1.54) is 122 Å². The lowest BCUT2D eigenvalue weighted by Gasteiger charge is -2.18. The van der Waals surface area contributed by atoms with Crippen molar-refractivity contribution in [2.24, 2.45) is 0 Å². The Morgan fingerprint density at radius 2 is 0.494 bits per heavy atom. The molecule has 0 heterocycles. The van der Waals surface area contributed by atoms with Crippen LogP contribution in [0.1, 0.15) is 303 Å². The summed E-state index contributed by atoms with van der Waals surface area (Å²) in [7, 11) is 0. The number of esters is 3. The lowest BCUT2D eigenvalue weighted by Crippen LogP contribution is -2.30. The van der Waals surface area contributed by atoms with E-state index in [9.17, 15) is 14.4 Å². The van der Waals surface area contributed by atoms with Gasteiger partial charge in [-0.1, -0.05) is 277 Å². The van der Waals surface area contributed by atoms with Gasteiger partial charge in [0.1, 0.15) is 13.2 Å². The first kappa shape index (κ1) is 74.8. The Balaban J connectivity index is 4.39. The number of hydrogen-bond acceptors (Lipinski definition) is 6. The summed E-state index contributed by atoms with van der Waals surface area (Å²) in [5, 5.41) is 0. The summed E-state index contributed by atoms with van der Waals surface area (Å²) >= 11 is 0. The molecular formula is C73H122O6. The minimum atomic E-state index is -0.795. The van der Waals surface area contributed by atoms with Crippen LogP contribution in [0.15, 0.2) is 122 Å². The van der Waals surface area contributed by atoms with Crippen LogP contribution in [0.4, 0.5) is 0 Å². The summed E-state index contributed by atoms with van der Waals surface area (Å²) in [4.78, 5) is 38.4. The Labute approximate surface area is 488 Å². The fourth-order valence-corrected chi connectivity index (χ4v) is 9.04. The molecule has 0 fully saturated rings. The highest BCUT2D eigenvalue weighted by atomic mass is 16.6. The topological polar surface area (TPSA) is 78.9 Å². The van der Waals surface area contributed by atoms with Crippen LogP contribution in [0.25, 0.3) is 0 Å². The van der Waals surface area contributed by atoms with Crippen LogP contribution in [0.2, 0.25) is 0 Å². The lowest BCUT2D eigenvalue weighted by molar-refractivity contribution is -0.167. The molecule has 0 saturated carbocycles. The Bertz CT molecular complexity index is 1640. The van der Waals surface area contributed by atoms with Crippen molar-refractivity contribution in [2.75, 3.05) is 13.2 Å². The van der Waals surface area contributed by atoms with E-state index < -0.39 is 6.10 Å². The smallest absolute Gasteiger partial charge is 0.306 e. The number of rotatable bonds is 59. The molecule has 6 nitrogen and oxygen atoms in total. The van der Waals surface area contributed by atoms with Crippen LogP contribution < -0.4 is 0 Å². The molecule has 0 aromatic rings. The third kappa shape index (κ3) is 64.5. The van der Waals surface area contributed by atoms with Gasteiger partial charge in [0.25, 0.3) is 0 Å². The number of hydrogen-bond donors (Lipinski definition) is 0. The highest BCUT2D eigenvalue weighted by Gasteiger charge is 2.19. The van der Waals surface area contributed by atoms with Gasteiger partial charge in [0, 0.05) is 19.3 Å². The molecule has 79 heavy (non-hydrogen) atoms. The molecule has 0 aliphatic carbocycles. The first-order valence-corrected chi connectivity index (χ1v) is 33.0. The van der Waals surface area contributed by atoms with Gasteiger partial charge in [-0.15, -0.1) is 0 Å². The third-order valence-electron chi connectivity index (χ3n) is 13.9.